The summed E-state index contributed by atoms with van der Waals surface area (Å²) in [5.74, 6) is -0.265. The maximum atomic E-state index is 11.9. The number of amides is 1. The first-order valence-corrected chi connectivity index (χ1v) is 6.24. The molecule has 0 fully saturated rings. The number of hydrogen-bond donors (Lipinski definition) is 2. The van der Waals surface area contributed by atoms with E-state index in [1.54, 1.807) is 12.4 Å². The van der Waals surface area contributed by atoms with Gasteiger partial charge >= 0.3 is 0 Å². The third kappa shape index (κ3) is 3.39. The summed E-state index contributed by atoms with van der Waals surface area (Å²) in [7, 11) is 0. The van der Waals surface area contributed by atoms with Gasteiger partial charge in [-0.3, -0.25) is 9.48 Å². The number of nitrogens with one attached hydrogen (secondary N) is 1. The van der Waals surface area contributed by atoms with Crippen LogP contribution in [0.1, 0.15) is 5.56 Å². The summed E-state index contributed by atoms with van der Waals surface area (Å²) >= 11 is 11.8. The van der Waals surface area contributed by atoms with Gasteiger partial charge < -0.3 is 11.1 Å². The molecule has 5 nitrogen and oxygen atoms in total. The number of aryl methyl sites for hydroxylation is 1. The lowest BCUT2D eigenvalue weighted by Gasteiger charge is -2.10. The number of nitrogens with zero attached hydrogens (tertiary/aromatic N) is 2. The lowest BCUT2D eigenvalue weighted by Crippen LogP contribution is -2.20. The molecule has 0 saturated heterocycles. The molecule has 0 aliphatic rings. The Balaban J connectivity index is 2.11. The Morgan fingerprint density at radius 2 is 2.21 bits per heavy atom. The molecule has 0 unspecified atom stereocenters. The number of carbonyl (C=O) groups is 1. The molecule has 2 rings (SSSR count). The van der Waals surface area contributed by atoms with Crippen LogP contribution in [0, 0.1) is 6.92 Å². The average Bonchev–Trinajstić information content (AvgIpc) is 2.69. The van der Waals surface area contributed by atoms with Crippen molar-refractivity contribution < 1.29 is 4.79 Å². The van der Waals surface area contributed by atoms with E-state index in [2.05, 4.69) is 10.4 Å². The fourth-order valence-corrected chi connectivity index (χ4v) is 2.16. The van der Waals surface area contributed by atoms with Crippen LogP contribution in [-0.2, 0) is 11.3 Å². The van der Waals surface area contributed by atoms with Crippen molar-refractivity contribution in [3.8, 4) is 0 Å². The van der Waals surface area contributed by atoms with Crippen LogP contribution in [0.25, 0.3) is 0 Å². The Hall–Kier alpha value is -1.72. The molecule has 0 aliphatic heterocycles. The highest BCUT2D eigenvalue weighted by Gasteiger charge is 2.11. The Kier molecular flexibility index (Phi) is 3.97. The maximum absolute atomic E-state index is 11.9. The van der Waals surface area contributed by atoms with Crippen LogP contribution in [0.2, 0.25) is 10.0 Å². The van der Waals surface area contributed by atoms with Gasteiger partial charge in [-0.2, -0.15) is 5.10 Å². The molecule has 0 atom stereocenters. The topological polar surface area (TPSA) is 72.9 Å². The van der Waals surface area contributed by atoms with E-state index in [4.69, 9.17) is 28.9 Å². The molecule has 0 bridgehead atoms. The minimum Gasteiger partial charge on any atom is -0.397 e. The van der Waals surface area contributed by atoms with Crippen molar-refractivity contribution in [1.29, 1.82) is 0 Å². The molecule has 1 heterocycles. The van der Waals surface area contributed by atoms with Gasteiger partial charge in [-0.25, -0.2) is 0 Å². The van der Waals surface area contributed by atoms with Crippen LogP contribution in [0.3, 0.4) is 0 Å². The number of anilines is 2. The highest BCUT2D eigenvalue weighted by Crippen LogP contribution is 2.31. The van der Waals surface area contributed by atoms with Gasteiger partial charge in [0.2, 0.25) is 5.91 Å². The molecular formula is C12H12Cl2N4O. The quantitative estimate of drug-likeness (QED) is 0.856. The van der Waals surface area contributed by atoms with Crippen LogP contribution in [0.5, 0.6) is 0 Å². The summed E-state index contributed by atoms with van der Waals surface area (Å²) in [6.07, 6.45) is 3.45. The second-order valence-electron chi connectivity index (χ2n) is 4.12. The van der Waals surface area contributed by atoms with E-state index < -0.39 is 0 Å². The zero-order valence-electron chi connectivity index (χ0n) is 10.2. The van der Waals surface area contributed by atoms with E-state index in [1.807, 2.05) is 6.92 Å². The number of nitrogen functional groups attached to an aromatic ring is 1. The van der Waals surface area contributed by atoms with Crippen molar-refractivity contribution in [2.45, 2.75) is 13.5 Å². The first-order chi connectivity index (χ1) is 8.95. The molecule has 7 heteroatoms. The normalized spacial score (nSPS) is 10.5. The number of hydrogen-bond acceptors (Lipinski definition) is 3. The Morgan fingerprint density at radius 1 is 1.47 bits per heavy atom. The van der Waals surface area contributed by atoms with E-state index >= 15 is 0 Å². The number of carbonyl (C=O) groups excluding carboxylic acids is 1. The van der Waals surface area contributed by atoms with Gasteiger partial charge in [0.25, 0.3) is 0 Å². The molecule has 0 saturated carbocycles. The number of aromatic nitrogens is 2. The molecule has 1 aromatic heterocycles. The average molecular weight is 299 g/mol. The third-order valence-electron chi connectivity index (χ3n) is 2.42. The first-order valence-electron chi connectivity index (χ1n) is 5.49. The van der Waals surface area contributed by atoms with E-state index in [9.17, 15) is 4.79 Å². The molecular weight excluding hydrogens is 287 g/mol. The van der Waals surface area contributed by atoms with E-state index in [-0.39, 0.29) is 12.5 Å². The van der Waals surface area contributed by atoms with E-state index in [0.29, 0.717) is 21.4 Å². The molecule has 3 N–H and O–H groups in total. The highest BCUT2D eigenvalue weighted by atomic mass is 35.5. The number of nitrogens with two attached hydrogens (primary N) is 1. The van der Waals surface area contributed by atoms with Crippen molar-refractivity contribution in [1.82, 2.24) is 9.78 Å². The lowest BCUT2D eigenvalue weighted by molar-refractivity contribution is -0.116. The molecule has 19 heavy (non-hydrogen) atoms. The summed E-state index contributed by atoms with van der Waals surface area (Å²) in [6, 6.07) is 3.05. The van der Waals surface area contributed by atoms with Gasteiger partial charge in [-0.05, 0) is 24.6 Å². The molecule has 0 spiro atoms. The summed E-state index contributed by atoms with van der Waals surface area (Å²) < 4.78 is 1.53. The van der Waals surface area contributed by atoms with Crippen LogP contribution in [0.15, 0.2) is 24.5 Å². The van der Waals surface area contributed by atoms with Crippen molar-refractivity contribution >= 4 is 40.5 Å². The van der Waals surface area contributed by atoms with Crippen LogP contribution in [-0.4, -0.2) is 15.7 Å². The Morgan fingerprint density at radius 3 is 2.79 bits per heavy atom. The first kappa shape index (κ1) is 13.7. The van der Waals surface area contributed by atoms with Gasteiger partial charge in [0, 0.05) is 11.2 Å². The highest BCUT2D eigenvalue weighted by molar-refractivity contribution is 6.37. The van der Waals surface area contributed by atoms with Crippen LogP contribution in [0.4, 0.5) is 11.4 Å². The SMILES string of the molecule is Cc1cnn(CC(=O)Nc2c(N)cc(Cl)cc2Cl)c1. The zero-order valence-corrected chi connectivity index (χ0v) is 11.7. The van der Waals surface area contributed by atoms with E-state index in [0.717, 1.165) is 5.56 Å². The predicted octanol–water partition coefficient (Wildman–Crippen LogP) is 2.72. The fourth-order valence-electron chi connectivity index (χ4n) is 1.60. The summed E-state index contributed by atoms with van der Waals surface area (Å²) in [5.41, 5.74) is 7.43. The predicted molar refractivity (Wildman–Crippen MR) is 76.5 cm³/mol. The van der Waals surface area contributed by atoms with Gasteiger partial charge in [0.05, 0.1) is 22.6 Å². The van der Waals surface area contributed by atoms with E-state index in [1.165, 1.54) is 16.8 Å². The lowest BCUT2D eigenvalue weighted by atomic mass is 10.2. The molecule has 100 valence electrons. The van der Waals surface area contributed by atoms with Gasteiger partial charge in [-0.1, -0.05) is 23.2 Å². The van der Waals surface area contributed by atoms with Gasteiger partial charge in [0.15, 0.2) is 0 Å². The van der Waals surface area contributed by atoms with Crippen molar-refractivity contribution in [2.75, 3.05) is 11.1 Å². The van der Waals surface area contributed by atoms with Crippen LogP contribution < -0.4 is 11.1 Å². The number of benzene rings is 1. The van der Waals surface area contributed by atoms with Gasteiger partial charge in [0.1, 0.15) is 6.54 Å². The zero-order chi connectivity index (χ0) is 14.0. The smallest absolute Gasteiger partial charge is 0.246 e. The summed E-state index contributed by atoms with van der Waals surface area (Å²) in [6.45, 7) is 1.99. The Bertz CT molecular complexity index is 601. The molecule has 2 aromatic rings. The van der Waals surface area contributed by atoms with Gasteiger partial charge in [-0.15, -0.1) is 0 Å². The minimum absolute atomic E-state index is 0.0895. The second kappa shape index (κ2) is 5.50. The molecule has 1 aromatic carbocycles. The molecule has 0 radical (unpaired) electrons. The number of rotatable bonds is 3. The van der Waals surface area contributed by atoms with Crippen molar-refractivity contribution in [2.24, 2.45) is 0 Å². The third-order valence-corrected chi connectivity index (χ3v) is 2.93. The summed E-state index contributed by atoms with van der Waals surface area (Å²) in [4.78, 5) is 11.9. The fraction of sp³-hybridized carbons (Fsp3) is 0.167. The Labute approximate surface area is 120 Å². The molecule has 1 amide bonds. The van der Waals surface area contributed by atoms with Crippen molar-refractivity contribution in [3.05, 3.63) is 40.1 Å². The standard InChI is InChI=1S/C12H12Cl2N4O/c1-7-4-16-18(5-7)6-11(19)17-12-9(14)2-8(13)3-10(12)15/h2-5H,6,15H2,1H3,(H,17,19). The largest absolute Gasteiger partial charge is 0.397 e. The summed E-state index contributed by atoms with van der Waals surface area (Å²) in [5, 5.41) is 7.40. The minimum atomic E-state index is -0.265. The monoisotopic (exact) mass is 298 g/mol. The second-order valence-corrected chi connectivity index (χ2v) is 4.96. The number of halogens is 2. The van der Waals surface area contributed by atoms with Crippen LogP contribution >= 0.6 is 23.2 Å². The van der Waals surface area contributed by atoms with Crippen molar-refractivity contribution in [3.63, 3.8) is 0 Å². The molecule has 0 aliphatic carbocycles. The maximum Gasteiger partial charge on any atom is 0.246 e.